The van der Waals surface area contributed by atoms with E-state index in [1.54, 1.807) is 6.07 Å². The smallest absolute Gasteiger partial charge is 0.197 e. The predicted molar refractivity (Wildman–Crippen MR) is 78.1 cm³/mol. The average Bonchev–Trinajstić information content (AvgIpc) is 2.57. The van der Waals surface area contributed by atoms with E-state index in [0.717, 1.165) is 16.6 Å². The number of rotatable bonds is 3. The van der Waals surface area contributed by atoms with Crippen LogP contribution in [0.3, 0.4) is 0 Å². The van der Waals surface area contributed by atoms with Crippen molar-refractivity contribution in [2.45, 2.75) is 20.3 Å². The molecule has 96 valence electrons. The topological polar surface area (TPSA) is 64.9 Å². The number of anilines is 1. The van der Waals surface area contributed by atoms with Crippen LogP contribution in [0.1, 0.15) is 19.5 Å². The third-order valence-electron chi connectivity index (χ3n) is 2.28. The Balaban J connectivity index is 2.41. The minimum atomic E-state index is 0.458. The number of hydrogen-bond acceptors (Lipinski definition) is 4. The zero-order chi connectivity index (χ0) is 13.3. The fourth-order valence-corrected chi connectivity index (χ4v) is 2.19. The second-order valence-electron chi connectivity index (χ2n) is 4.44. The van der Waals surface area contributed by atoms with Gasteiger partial charge in [0.15, 0.2) is 16.3 Å². The SMILES string of the molecule is CC(C)Cc1cc(N)nc(-c2cc(Br)c(Br)o2)n1. The van der Waals surface area contributed by atoms with Crippen LogP contribution < -0.4 is 5.73 Å². The van der Waals surface area contributed by atoms with Crippen LogP contribution in [-0.4, -0.2) is 9.97 Å². The molecule has 0 unspecified atom stereocenters. The van der Waals surface area contributed by atoms with E-state index in [-0.39, 0.29) is 0 Å². The summed E-state index contributed by atoms with van der Waals surface area (Å²) in [5.41, 5.74) is 6.73. The van der Waals surface area contributed by atoms with Crippen molar-refractivity contribution in [3.63, 3.8) is 0 Å². The summed E-state index contributed by atoms with van der Waals surface area (Å²) >= 11 is 6.65. The zero-order valence-electron chi connectivity index (χ0n) is 10.1. The largest absolute Gasteiger partial charge is 0.445 e. The number of furan rings is 1. The molecule has 2 aromatic rings. The second kappa shape index (κ2) is 5.40. The van der Waals surface area contributed by atoms with Gasteiger partial charge in [-0.1, -0.05) is 13.8 Å². The highest BCUT2D eigenvalue weighted by atomic mass is 79.9. The van der Waals surface area contributed by atoms with Gasteiger partial charge in [-0.05, 0) is 44.2 Å². The minimum Gasteiger partial charge on any atom is -0.445 e. The van der Waals surface area contributed by atoms with E-state index >= 15 is 0 Å². The molecule has 0 spiro atoms. The lowest BCUT2D eigenvalue weighted by atomic mass is 10.1. The van der Waals surface area contributed by atoms with E-state index in [1.807, 2.05) is 6.07 Å². The Morgan fingerprint density at radius 3 is 2.56 bits per heavy atom. The molecule has 18 heavy (non-hydrogen) atoms. The molecule has 0 aliphatic heterocycles. The predicted octanol–water partition coefficient (Wildman–Crippen LogP) is 4.04. The normalized spacial score (nSPS) is 11.2. The van der Waals surface area contributed by atoms with Crippen molar-refractivity contribution in [2.24, 2.45) is 5.92 Å². The molecule has 0 fully saturated rings. The van der Waals surface area contributed by atoms with Gasteiger partial charge in [0, 0.05) is 17.8 Å². The van der Waals surface area contributed by atoms with Gasteiger partial charge in [0.05, 0.1) is 4.47 Å². The summed E-state index contributed by atoms with van der Waals surface area (Å²) in [5.74, 6) is 2.07. The van der Waals surface area contributed by atoms with Crippen molar-refractivity contribution in [2.75, 3.05) is 5.73 Å². The van der Waals surface area contributed by atoms with Gasteiger partial charge in [0.2, 0.25) is 0 Å². The lowest BCUT2D eigenvalue weighted by Gasteiger charge is -2.06. The van der Waals surface area contributed by atoms with E-state index < -0.39 is 0 Å². The number of aromatic nitrogens is 2. The Kier molecular flexibility index (Phi) is 4.07. The molecule has 0 amide bonds. The van der Waals surface area contributed by atoms with Crippen molar-refractivity contribution in [1.29, 1.82) is 0 Å². The van der Waals surface area contributed by atoms with Gasteiger partial charge in [-0.25, -0.2) is 9.97 Å². The zero-order valence-corrected chi connectivity index (χ0v) is 13.2. The van der Waals surface area contributed by atoms with Crippen LogP contribution in [0.2, 0.25) is 0 Å². The molecule has 0 radical (unpaired) electrons. The van der Waals surface area contributed by atoms with Crippen molar-refractivity contribution in [1.82, 2.24) is 9.97 Å². The Morgan fingerprint density at radius 1 is 1.28 bits per heavy atom. The molecule has 0 aromatic carbocycles. The van der Waals surface area contributed by atoms with Crippen molar-refractivity contribution in [3.05, 3.63) is 27.0 Å². The number of nitrogens with zero attached hydrogens (tertiary/aromatic N) is 2. The number of halogens is 2. The molecular formula is C12H13Br2N3O. The molecule has 0 bridgehead atoms. The maximum atomic E-state index is 5.80. The third-order valence-corrected chi connectivity index (χ3v) is 3.99. The number of nitrogens with two attached hydrogens (primary N) is 1. The van der Waals surface area contributed by atoms with E-state index in [2.05, 4.69) is 55.7 Å². The van der Waals surface area contributed by atoms with Crippen LogP contribution in [0, 0.1) is 5.92 Å². The van der Waals surface area contributed by atoms with Crippen LogP contribution in [0.4, 0.5) is 5.82 Å². The lowest BCUT2D eigenvalue weighted by Crippen LogP contribution is -2.03. The molecule has 4 nitrogen and oxygen atoms in total. The monoisotopic (exact) mass is 373 g/mol. The first-order chi connectivity index (χ1) is 8.45. The second-order valence-corrected chi connectivity index (χ2v) is 6.01. The molecule has 2 heterocycles. The van der Waals surface area contributed by atoms with E-state index in [4.69, 9.17) is 10.2 Å². The summed E-state index contributed by atoms with van der Waals surface area (Å²) < 4.78 is 6.95. The van der Waals surface area contributed by atoms with Gasteiger partial charge in [0.1, 0.15) is 5.82 Å². The molecule has 6 heteroatoms. The van der Waals surface area contributed by atoms with Crippen LogP contribution in [-0.2, 0) is 6.42 Å². The molecule has 2 aromatic heterocycles. The molecule has 0 aliphatic carbocycles. The summed E-state index contributed by atoms with van der Waals surface area (Å²) in [7, 11) is 0. The van der Waals surface area contributed by atoms with E-state index in [9.17, 15) is 0 Å². The van der Waals surface area contributed by atoms with Crippen LogP contribution in [0.25, 0.3) is 11.6 Å². The summed E-state index contributed by atoms with van der Waals surface area (Å²) in [5, 5.41) is 0. The highest BCUT2D eigenvalue weighted by Crippen LogP contribution is 2.31. The summed E-state index contributed by atoms with van der Waals surface area (Å²) in [6, 6.07) is 3.62. The van der Waals surface area contributed by atoms with E-state index in [0.29, 0.717) is 28.0 Å². The molecular weight excluding hydrogens is 362 g/mol. The van der Waals surface area contributed by atoms with Gasteiger partial charge in [-0.3, -0.25) is 0 Å². The first-order valence-corrected chi connectivity index (χ1v) is 7.13. The molecule has 0 saturated carbocycles. The molecule has 2 rings (SSSR count). The Hall–Kier alpha value is -0.880. The van der Waals surface area contributed by atoms with Crippen molar-refractivity contribution < 1.29 is 4.42 Å². The van der Waals surface area contributed by atoms with Crippen LogP contribution >= 0.6 is 31.9 Å². The standard InChI is InChI=1S/C12H13Br2N3O/c1-6(2)3-7-4-10(15)17-12(16-7)9-5-8(13)11(14)18-9/h4-6H,3H2,1-2H3,(H2,15,16,17). The summed E-state index contributed by atoms with van der Waals surface area (Å²) in [6.45, 7) is 4.27. The Labute approximate surface area is 122 Å². The number of hydrogen-bond donors (Lipinski definition) is 1. The quantitative estimate of drug-likeness (QED) is 0.880. The van der Waals surface area contributed by atoms with Crippen LogP contribution in [0.5, 0.6) is 0 Å². The fourth-order valence-electron chi connectivity index (χ4n) is 1.61. The molecule has 0 saturated heterocycles. The van der Waals surface area contributed by atoms with Gasteiger partial charge in [0.25, 0.3) is 0 Å². The minimum absolute atomic E-state index is 0.458. The lowest BCUT2D eigenvalue weighted by molar-refractivity contribution is 0.548. The first-order valence-electron chi connectivity index (χ1n) is 5.54. The first kappa shape index (κ1) is 13.5. The highest BCUT2D eigenvalue weighted by molar-refractivity contribution is 9.13. The van der Waals surface area contributed by atoms with E-state index in [1.165, 1.54) is 0 Å². The summed E-state index contributed by atoms with van der Waals surface area (Å²) in [4.78, 5) is 8.67. The van der Waals surface area contributed by atoms with Crippen molar-refractivity contribution >= 4 is 37.7 Å². The Bertz CT molecular complexity index is 547. The Morgan fingerprint density at radius 2 is 2.00 bits per heavy atom. The van der Waals surface area contributed by atoms with Crippen LogP contribution in [0.15, 0.2) is 25.7 Å². The number of nitrogen functional groups attached to an aromatic ring is 1. The van der Waals surface area contributed by atoms with Crippen molar-refractivity contribution in [3.8, 4) is 11.6 Å². The fraction of sp³-hybridized carbons (Fsp3) is 0.333. The molecule has 0 atom stereocenters. The van der Waals surface area contributed by atoms with Gasteiger partial charge < -0.3 is 10.2 Å². The van der Waals surface area contributed by atoms with Gasteiger partial charge >= 0.3 is 0 Å². The molecule has 0 aliphatic rings. The molecule has 2 N–H and O–H groups in total. The summed E-state index contributed by atoms with van der Waals surface area (Å²) in [6.07, 6.45) is 0.864. The highest BCUT2D eigenvalue weighted by Gasteiger charge is 2.13. The van der Waals surface area contributed by atoms with Gasteiger partial charge in [-0.15, -0.1) is 0 Å². The third kappa shape index (κ3) is 3.11. The maximum absolute atomic E-state index is 5.80. The average molecular weight is 375 g/mol. The maximum Gasteiger partial charge on any atom is 0.197 e. The van der Waals surface area contributed by atoms with Gasteiger partial charge in [-0.2, -0.15) is 0 Å².